The van der Waals surface area contributed by atoms with Crippen molar-refractivity contribution < 1.29 is 4.79 Å². The van der Waals surface area contributed by atoms with E-state index in [2.05, 4.69) is 25.6 Å². The Balaban J connectivity index is 1.70. The average molecular weight is 354 g/mol. The van der Waals surface area contributed by atoms with E-state index in [0.29, 0.717) is 17.4 Å². The summed E-state index contributed by atoms with van der Waals surface area (Å²) in [7, 11) is 0. The number of halogens is 1. The molecule has 0 saturated heterocycles. The lowest BCUT2D eigenvalue weighted by molar-refractivity contribution is 0.0945. The highest BCUT2D eigenvalue weighted by Gasteiger charge is 2.10. The molecule has 7 heteroatoms. The third-order valence-corrected chi connectivity index (χ3v) is 3.75. The van der Waals surface area contributed by atoms with Crippen LogP contribution in [0.2, 0.25) is 5.02 Å². The molecule has 3 rings (SSSR count). The van der Waals surface area contributed by atoms with Crippen LogP contribution in [-0.4, -0.2) is 20.9 Å². The topological polar surface area (TPSA) is 79.8 Å². The van der Waals surface area contributed by atoms with Crippen molar-refractivity contribution >= 4 is 29.0 Å². The summed E-state index contributed by atoms with van der Waals surface area (Å²) in [5.74, 6) is 0.224. The summed E-state index contributed by atoms with van der Waals surface area (Å²) in [6.45, 7) is 2.29. The second-order valence-electron chi connectivity index (χ2n) is 5.38. The Kier molecular flexibility index (Phi) is 5.20. The largest absolute Gasteiger partial charge is 0.345 e. The van der Waals surface area contributed by atoms with Crippen LogP contribution in [0.15, 0.2) is 55.0 Å². The number of hydrogen-bond acceptors (Lipinski definition) is 5. The van der Waals surface area contributed by atoms with Gasteiger partial charge < -0.3 is 10.6 Å². The van der Waals surface area contributed by atoms with Gasteiger partial charge in [-0.3, -0.25) is 9.78 Å². The van der Waals surface area contributed by atoms with Crippen molar-refractivity contribution in [3.05, 3.63) is 77.0 Å². The molecule has 2 heterocycles. The molecule has 2 aromatic heterocycles. The van der Waals surface area contributed by atoms with Gasteiger partial charge in [-0.1, -0.05) is 23.7 Å². The van der Waals surface area contributed by atoms with Crippen LogP contribution in [-0.2, 0) is 6.54 Å². The van der Waals surface area contributed by atoms with Gasteiger partial charge >= 0.3 is 0 Å². The molecule has 3 aromatic rings. The molecule has 0 spiro atoms. The van der Waals surface area contributed by atoms with E-state index in [9.17, 15) is 4.79 Å². The van der Waals surface area contributed by atoms with Crippen molar-refractivity contribution in [1.82, 2.24) is 20.3 Å². The molecule has 126 valence electrons. The number of nitrogens with one attached hydrogen (secondary N) is 2. The number of nitrogens with zero attached hydrogens (tertiary/aromatic N) is 3. The van der Waals surface area contributed by atoms with E-state index in [1.165, 1.54) is 6.33 Å². The first-order valence-electron chi connectivity index (χ1n) is 7.65. The van der Waals surface area contributed by atoms with E-state index in [1.54, 1.807) is 18.3 Å². The molecule has 0 aliphatic rings. The second-order valence-corrected chi connectivity index (χ2v) is 5.81. The Labute approximate surface area is 150 Å². The summed E-state index contributed by atoms with van der Waals surface area (Å²) in [4.78, 5) is 24.6. The van der Waals surface area contributed by atoms with Crippen LogP contribution in [0.25, 0.3) is 0 Å². The lowest BCUT2D eigenvalue weighted by Gasteiger charge is -2.10. The molecule has 1 amide bonds. The number of amides is 1. The van der Waals surface area contributed by atoms with Crippen molar-refractivity contribution in [2.24, 2.45) is 0 Å². The molecule has 0 aliphatic carbocycles. The predicted octanol–water partition coefficient (Wildman–Crippen LogP) is 3.51. The van der Waals surface area contributed by atoms with Gasteiger partial charge in [-0.15, -0.1) is 0 Å². The van der Waals surface area contributed by atoms with Crippen molar-refractivity contribution in [2.45, 2.75) is 13.5 Å². The molecule has 0 radical (unpaired) electrons. The minimum atomic E-state index is -0.293. The Morgan fingerprint density at radius 2 is 2.00 bits per heavy atom. The zero-order valence-corrected chi connectivity index (χ0v) is 14.3. The van der Waals surface area contributed by atoms with Gasteiger partial charge in [0, 0.05) is 23.0 Å². The van der Waals surface area contributed by atoms with E-state index in [-0.39, 0.29) is 11.6 Å². The van der Waals surface area contributed by atoms with E-state index < -0.39 is 0 Å². The maximum atomic E-state index is 12.3. The van der Waals surface area contributed by atoms with Crippen LogP contribution in [0.5, 0.6) is 0 Å². The average Bonchev–Trinajstić information content (AvgIpc) is 2.64. The van der Waals surface area contributed by atoms with Gasteiger partial charge in [0.15, 0.2) is 0 Å². The highest BCUT2D eigenvalue weighted by molar-refractivity contribution is 6.30. The summed E-state index contributed by atoms with van der Waals surface area (Å²) < 4.78 is 0. The lowest BCUT2D eigenvalue weighted by atomic mass is 10.2. The summed E-state index contributed by atoms with van der Waals surface area (Å²) in [6, 6.07) is 12.7. The number of anilines is 2. The Morgan fingerprint density at radius 1 is 1.12 bits per heavy atom. The third-order valence-electron chi connectivity index (χ3n) is 3.52. The first kappa shape index (κ1) is 16.9. The fraction of sp³-hybridized carbons (Fsp3) is 0.111. The number of carbonyl (C=O) groups is 1. The molecule has 1 aromatic carbocycles. The zero-order valence-electron chi connectivity index (χ0n) is 13.5. The zero-order chi connectivity index (χ0) is 17.6. The molecule has 0 aliphatic heterocycles. The predicted molar refractivity (Wildman–Crippen MR) is 96.9 cm³/mol. The normalized spacial score (nSPS) is 10.3. The van der Waals surface area contributed by atoms with Crippen molar-refractivity contribution in [3.8, 4) is 0 Å². The van der Waals surface area contributed by atoms with Crippen molar-refractivity contribution in [2.75, 3.05) is 5.32 Å². The molecular weight excluding hydrogens is 338 g/mol. The van der Waals surface area contributed by atoms with Crippen molar-refractivity contribution in [1.29, 1.82) is 0 Å². The quantitative estimate of drug-likeness (QED) is 0.733. The van der Waals surface area contributed by atoms with Crippen molar-refractivity contribution in [3.63, 3.8) is 0 Å². The molecule has 0 saturated carbocycles. The van der Waals surface area contributed by atoms with Gasteiger partial charge in [0.25, 0.3) is 5.91 Å². The number of rotatable bonds is 5. The number of aromatic nitrogens is 3. The van der Waals surface area contributed by atoms with Crippen LogP contribution in [0.3, 0.4) is 0 Å². The third kappa shape index (κ3) is 4.51. The number of aryl methyl sites for hydroxylation is 1. The molecule has 0 bridgehead atoms. The van der Waals surface area contributed by atoms with Gasteiger partial charge in [0.2, 0.25) is 0 Å². The molecule has 6 nitrogen and oxygen atoms in total. The van der Waals surface area contributed by atoms with Gasteiger partial charge in [-0.25, -0.2) is 9.97 Å². The number of hydrogen-bond donors (Lipinski definition) is 2. The minimum Gasteiger partial charge on any atom is -0.345 e. The van der Waals surface area contributed by atoms with E-state index in [1.807, 2.05) is 37.3 Å². The molecule has 0 atom stereocenters. The molecule has 2 N–H and O–H groups in total. The first-order valence-corrected chi connectivity index (χ1v) is 8.03. The van der Waals surface area contributed by atoms with Crippen LogP contribution in [0, 0.1) is 6.92 Å². The standard InChI is InChI=1S/C18H16ClN5O/c1-12-5-6-13(19)8-15(12)24-17-9-16(22-11-23-17)18(25)21-10-14-4-2-3-7-20-14/h2-9,11H,10H2,1H3,(H,21,25)(H,22,23,24). The van der Waals surface area contributed by atoms with Gasteiger partial charge in [-0.2, -0.15) is 0 Å². The Hall–Kier alpha value is -2.99. The van der Waals surface area contributed by atoms with E-state index >= 15 is 0 Å². The van der Waals surface area contributed by atoms with Gasteiger partial charge in [-0.05, 0) is 36.8 Å². The number of benzene rings is 1. The Bertz CT molecular complexity index is 886. The van der Waals surface area contributed by atoms with Crippen LogP contribution in [0.4, 0.5) is 11.5 Å². The smallest absolute Gasteiger partial charge is 0.270 e. The van der Waals surface area contributed by atoms with Crippen LogP contribution >= 0.6 is 11.6 Å². The summed E-state index contributed by atoms with van der Waals surface area (Å²) in [5.41, 5.74) is 2.89. The summed E-state index contributed by atoms with van der Waals surface area (Å²) in [5, 5.41) is 6.56. The van der Waals surface area contributed by atoms with Crippen LogP contribution < -0.4 is 10.6 Å². The second kappa shape index (κ2) is 7.72. The first-order chi connectivity index (χ1) is 12.1. The minimum absolute atomic E-state index is 0.271. The summed E-state index contributed by atoms with van der Waals surface area (Å²) in [6.07, 6.45) is 3.03. The fourth-order valence-electron chi connectivity index (χ4n) is 2.18. The number of pyridine rings is 1. The maximum Gasteiger partial charge on any atom is 0.270 e. The van der Waals surface area contributed by atoms with Gasteiger partial charge in [0.1, 0.15) is 17.8 Å². The SMILES string of the molecule is Cc1ccc(Cl)cc1Nc1cc(C(=O)NCc2ccccn2)ncn1. The lowest BCUT2D eigenvalue weighted by Crippen LogP contribution is -2.24. The fourth-order valence-corrected chi connectivity index (χ4v) is 2.35. The molecule has 0 fully saturated rings. The highest BCUT2D eigenvalue weighted by Crippen LogP contribution is 2.23. The number of carbonyl (C=O) groups excluding carboxylic acids is 1. The van der Waals surface area contributed by atoms with Crippen LogP contribution in [0.1, 0.15) is 21.7 Å². The molecule has 25 heavy (non-hydrogen) atoms. The molecule has 0 unspecified atom stereocenters. The Morgan fingerprint density at radius 3 is 2.80 bits per heavy atom. The van der Waals surface area contributed by atoms with E-state index in [0.717, 1.165) is 16.9 Å². The maximum absolute atomic E-state index is 12.3. The highest BCUT2D eigenvalue weighted by atomic mass is 35.5. The molecular formula is C18H16ClN5O. The van der Waals surface area contributed by atoms with E-state index in [4.69, 9.17) is 11.6 Å². The monoisotopic (exact) mass is 353 g/mol. The summed E-state index contributed by atoms with van der Waals surface area (Å²) >= 11 is 6.02. The van der Waals surface area contributed by atoms with Gasteiger partial charge in [0.05, 0.1) is 12.2 Å².